The number of nitrogens with zero attached hydrogens (tertiary/aromatic N) is 14. The summed E-state index contributed by atoms with van der Waals surface area (Å²) in [6.45, 7) is 5.54. The molecule has 19 rings (SSSR count). The van der Waals surface area contributed by atoms with Crippen molar-refractivity contribution < 1.29 is 19.7 Å². The summed E-state index contributed by atoms with van der Waals surface area (Å²) < 4.78 is 11.8. The molecule has 3 unspecified atom stereocenters. The lowest BCUT2D eigenvalue weighted by atomic mass is 9.80. The molecule has 12 aromatic carbocycles. The highest BCUT2D eigenvalue weighted by atomic mass is 79.9. The molecule has 1 fully saturated rings. The molecule has 7 heterocycles. The molecule has 0 amide bonds. The molecule has 6 aromatic heterocycles. The highest BCUT2D eigenvalue weighted by Crippen LogP contribution is 2.47. The van der Waals surface area contributed by atoms with Gasteiger partial charge in [-0.2, -0.15) is 10.2 Å². The maximum atomic E-state index is 13.2. The van der Waals surface area contributed by atoms with E-state index in [2.05, 4.69) is 302 Å². The predicted molar refractivity (Wildman–Crippen MR) is 526 cm³/mol. The summed E-state index contributed by atoms with van der Waals surface area (Å²) in [5.41, 5.74) is 11.5. The number of hydrogen-bond donors (Lipinski definition) is 3. The number of fused-ring (bicyclic) bond motifs is 5. The van der Waals surface area contributed by atoms with E-state index in [1.165, 1.54) is 40.5 Å². The Kier molecular flexibility index (Phi) is 27.0. The van der Waals surface area contributed by atoms with E-state index in [0.717, 1.165) is 140 Å². The first kappa shape index (κ1) is 88.0. The fourth-order valence-corrected chi connectivity index (χ4v) is 19.3. The maximum absolute atomic E-state index is 13.2. The molecule has 128 heavy (non-hydrogen) atoms. The highest BCUT2D eigenvalue weighted by molar-refractivity contribution is 9.11. The van der Waals surface area contributed by atoms with E-state index in [9.17, 15) is 15.3 Å². The normalized spacial score (nSPS) is 14.0. The van der Waals surface area contributed by atoms with Crippen LogP contribution in [0.3, 0.4) is 0 Å². The number of aromatic nitrogens is 9. The number of pyridine rings is 3. The van der Waals surface area contributed by atoms with E-state index in [-0.39, 0.29) is 6.04 Å². The molecule has 21 heteroatoms. The van der Waals surface area contributed by atoms with Crippen LogP contribution in [0, 0.1) is 0 Å². The summed E-state index contributed by atoms with van der Waals surface area (Å²) in [6.07, 6.45) is 10.8. The number of benzene rings is 12. The Balaban J connectivity index is 0.000000139. The van der Waals surface area contributed by atoms with Crippen molar-refractivity contribution in [3.63, 3.8) is 0 Å². The van der Waals surface area contributed by atoms with Crippen LogP contribution in [0.5, 0.6) is 0 Å². The van der Waals surface area contributed by atoms with Crippen molar-refractivity contribution in [3.05, 3.63) is 415 Å². The Morgan fingerprint density at radius 3 is 1.21 bits per heavy atom. The van der Waals surface area contributed by atoms with E-state index in [1.54, 1.807) is 40.4 Å². The zero-order chi connectivity index (χ0) is 88.5. The van der Waals surface area contributed by atoms with E-state index < -0.39 is 16.8 Å². The van der Waals surface area contributed by atoms with Crippen LogP contribution in [0.15, 0.2) is 353 Å². The molecule has 0 saturated carbocycles. The molecule has 1 aliphatic rings. The van der Waals surface area contributed by atoms with Gasteiger partial charge in [0, 0.05) is 122 Å². The fourth-order valence-electron chi connectivity index (χ4n) is 17.9. The average molecular weight is 1890 g/mol. The Hall–Kier alpha value is -12.1. The molecule has 644 valence electrons. The highest BCUT2D eigenvalue weighted by Gasteiger charge is 2.41. The van der Waals surface area contributed by atoms with Crippen LogP contribution in [-0.2, 0) is 29.6 Å². The van der Waals surface area contributed by atoms with Gasteiger partial charge in [0.25, 0.3) is 0 Å². The van der Waals surface area contributed by atoms with E-state index >= 15 is 0 Å². The largest absolute Gasteiger partial charge is 0.466 e. The maximum Gasteiger partial charge on any atom is 0.163 e. The number of aliphatic hydroxyl groups is 3. The van der Waals surface area contributed by atoms with Gasteiger partial charge in [0.2, 0.25) is 0 Å². The van der Waals surface area contributed by atoms with Crippen LogP contribution >= 0.6 is 47.8 Å². The zero-order valence-corrected chi connectivity index (χ0v) is 77.2. The second-order valence-electron chi connectivity index (χ2n) is 33.8. The van der Waals surface area contributed by atoms with Gasteiger partial charge in [0.1, 0.15) is 48.1 Å². The molecule has 1 aliphatic heterocycles. The minimum absolute atomic E-state index is 0.180. The molecule has 0 radical (unpaired) electrons. The second-order valence-corrected chi connectivity index (χ2v) is 36.5. The van der Waals surface area contributed by atoms with Crippen molar-refractivity contribution in [2.24, 2.45) is 0 Å². The van der Waals surface area contributed by atoms with Crippen LogP contribution in [-0.4, -0.2) is 167 Å². The lowest BCUT2D eigenvalue weighted by molar-refractivity contribution is 0.0420. The van der Waals surface area contributed by atoms with Crippen molar-refractivity contribution in [1.29, 1.82) is 0 Å². The monoisotopic (exact) mass is 1880 g/mol. The SMILES string of the molecule is CN(C)CCC(O)(c1cccc2ccccc12)c1cc(Br)cc2cc(Cc3ccccc3)c(-n3cncn3)nc12.CN(C)CCC(O)(c1cccc2ccccc12)c1cc(Br)cc2cc(Cc3ccccc3)c(N3CCN(C(c4ccccc4)c4ccccc4)CC3)nc12.CN(C)CCC(O)(c1ccco1)c1cc(Br)cc2cc(-c3ccccc3)c(-n3cncn3)nc12. The van der Waals surface area contributed by atoms with Gasteiger partial charge in [-0.25, -0.2) is 34.3 Å². The number of hydrogen-bond acceptors (Lipinski definition) is 16. The van der Waals surface area contributed by atoms with Gasteiger partial charge in [-0.3, -0.25) is 4.90 Å². The van der Waals surface area contributed by atoms with Crippen molar-refractivity contribution >= 4 is 108 Å². The Morgan fingerprint density at radius 2 is 0.766 bits per heavy atom. The summed E-state index contributed by atoms with van der Waals surface area (Å²) in [4.78, 5) is 35.6. The molecule has 18 aromatic rings. The van der Waals surface area contributed by atoms with Crippen molar-refractivity contribution in [1.82, 2.24) is 64.1 Å². The molecule has 0 spiro atoms. The molecule has 3 N–H and O–H groups in total. The third-order valence-corrected chi connectivity index (χ3v) is 25.7. The van der Waals surface area contributed by atoms with E-state index in [1.807, 2.05) is 124 Å². The van der Waals surface area contributed by atoms with E-state index in [0.29, 0.717) is 73.8 Å². The lowest BCUT2D eigenvalue weighted by Crippen LogP contribution is -2.48. The number of halogens is 3. The molecular weight excluding hydrogens is 1780 g/mol. The Morgan fingerprint density at radius 1 is 0.375 bits per heavy atom. The van der Waals surface area contributed by atoms with Crippen LogP contribution < -0.4 is 4.90 Å². The molecule has 3 atom stereocenters. The van der Waals surface area contributed by atoms with Crippen LogP contribution in [0.4, 0.5) is 5.82 Å². The third kappa shape index (κ3) is 19.2. The first-order valence-electron chi connectivity index (χ1n) is 43.2. The second kappa shape index (κ2) is 39.2. The summed E-state index contributed by atoms with van der Waals surface area (Å²) in [5, 5.41) is 54.1. The standard InChI is InChI=1S/C48H47BrN4O.C33H30BrN5O.C26H24BrN5O2/c1-51(2)26-25-48(54,43-24-14-22-36-17-12-13-23-42(36)43)44-34-41(49)33-39-32-40(31-35-15-6-3-7-16-35)47(50-45(39)44)53-29-27-52(28-30-53)46(37-18-8-4-9-19-37)38-20-10-5-11-21-38;1-38(2)16-15-33(40,29-14-8-12-24-11-6-7-13-28(24)29)30-20-27(34)19-25-18-26(17-23-9-4-3-5-10-23)32(37-31(25)30)39-22-35-21-36-39;1-31(2)11-10-26(33,23-9-6-12-34-23)22-15-20(27)13-19-14-21(18-7-4-3-5-8-18)25(30-24(19)22)32-17-28-16-29-32/h3-24,32-34,46,54H,25-31H2,1-2H3;3-14,18-22,40H,15-17H2,1-2H3;3-9,12-17,33H,10-11H2,1-2H3. The van der Waals surface area contributed by atoms with Gasteiger partial charge in [0.05, 0.1) is 28.9 Å². The van der Waals surface area contributed by atoms with Crippen molar-refractivity contribution in [2.75, 3.05) is 93.0 Å². The smallest absolute Gasteiger partial charge is 0.163 e. The molecule has 0 bridgehead atoms. The van der Waals surface area contributed by atoms with Gasteiger partial charge < -0.3 is 39.3 Å². The van der Waals surface area contributed by atoms with Crippen molar-refractivity contribution in [2.45, 2.75) is 54.9 Å². The quantitative estimate of drug-likeness (QED) is 0.0464. The molecule has 0 aliphatic carbocycles. The zero-order valence-electron chi connectivity index (χ0n) is 72.5. The third-order valence-electron chi connectivity index (χ3n) is 24.3. The average Bonchev–Trinajstić information content (AvgIpc) is 0.769. The summed E-state index contributed by atoms with van der Waals surface area (Å²) in [5.74, 6) is 2.81. The lowest BCUT2D eigenvalue weighted by Gasteiger charge is -2.41. The number of furan rings is 1. The summed E-state index contributed by atoms with van der Waals surface area (Å²) in [7, 11) is 12.1. The van der Waals surface area contributed by atoms with Crippen molar-refractivity contribution in [3.8, 4) is 22.8 Å². The number of rotatable bonds is 26. The van der Waals surface area contributed by atoms with Gasteiger partial charge in [-0.1, -0.05) is 284 Å². The van der Waals surface area contributed by atoms with Gasteiger partial charge in [0.15, 0.2) is 17.2 Å². The Labute approximate surface area is 771 Å². The van der Waals surface area contributed by atoms with Crippen LogP contribution in [0.25, 0.3) is 77.0 Å². The molecular formula is C107H101Br3N14O4. The number of anilines is 1. The molecule has 18 nitrogen and oxygen atoms in total. The van der Waals surface area contributed by atoms with Gasteiger partial charge in [-0.05, 0) is 188 Å². The Bertz CT molecular complexity index is 6770. The first-order chi connectivity index (χ1) is 62.2. The predicted octanol–water partition coefficient (Wildman–Crippen LogP) is 21.4. The van der Waals surface area contributed by atoms with Crippen LogP contribution in [0.2, 0.25) is 0 Å². The topological polar surface area (TPSA) is 190 Å². The van der Waals surface area contributed by atoms with Gasteiger partial charge in [-0.15, -0.1) is 0 Å². The minimum Gasteiger partial charge on any atom is -0.466 e. The summed E-state index contributed by atoms with van der Waals surface area (Å²) in [6, 6.07) is 104. The number of piperazine rings is 1. The minimum atomic E-state index is -1.38. The fraction of sp³-hybridized carbons (Fsp3) is 0.206. The van der Waals surface area contributed by atoms with Gasteiger partial charge >= 0.3 is 0 Å². The molecule has 1 saturated heterocycles. The van der Waals surface area contributed by atoms with Crippen LogP contribution in [0.1, 0.15) is 92.3 Å². The first-order valence-corrected chi connectivity index (χ1v) is 45.6. The summed E-state index contributed by atoms with van der Waals surface area (Å²) >= 11 is 11.3. The van der Waals surface area contributed by atoms with E-state index in [4.69, 9.17) is 19.4 Å².